The SMILES string of the molecule is CCCOc1ccc(N2C(=O)[C@@H]3[C@@H](c4ccc(C(C)(C)C)cc4)N(c4ccccc4)O[C@H]3C2=O)cc1. The molecule has 0 spiro atoms. The number of para-hydroxylation sites is 1. The first-order chi connectivity index (χ1) is 17.3. The molecule has 186 valence electrons. The van der Waals surface area contributed by atoms with Crippen LogP contribution in [0.3, 0.4) is 0 Å². The number of hydrogen-bond donors (Lipinski definition) is 0. The van der Waals surface area contributed by atoms with Crippen molar-refractivity contribution in [3.8, 4) is 5.75 Å². The standard InChI is InChI=1S/C30H32N2O4/c1-5-19-35-24-17-15-22(16-18-24)31-28(33)25-26(20-11-13-21(14-12-20)30(2,3)4)32(36-27(25)29(31)34)23-9-7-6-8-10-23/h6-18,25-27H,5,19H2,1-4H3/t25-,26-,27-/m1/s1. The molecule has 0 saturated carbocycles. The lowest BCUT2D eigenvalue weighted by molar-refractivity contribution is -0.126. The van der Waals surface area contributed by atoms with Gasteiger partial charge in [-0.25, -0.2) is 9.96 Å². The van der Waals surface area contributed by atoms with Crippen molar-refractivity contribution >= 4 is 23.2 Å². The Morgan fingerprint density at radius 3 is 2.11 bits per heavy atom. The average Bonchev–Trinajstić information content (AvgIpc) is 3.39. The zero-order valence-corrected chi connectivity index (χ0v) is 21.2. The number of rotatable bonds is 6. The number of hydroxylamine groups is 1. The molecule has 3 atom stereocenters. The number of anilines is 2. The number of fused-ring (bicyclic) bond motifs is 1. The first kappa shape index (κ1) is 24.1. The van der Waals surface area contributed by atoms with Crippen LogP contribution in [0.15, 0.2) is 78.9 Å². The Balaban J connectivity index is 1.50. The average molecular weight is 485 g/mol. The maximum Gasteiger partial charge on any atom is 0.266 e. The Morgan fingerprint density at radius 2 is 1.50 bits per heavy atom. The van der Waals surface area contributed by atoms with E-state index in [0.29, 0.717) is 18.0 Å². The lowest BCUT2D eigenvalue weighted by Crippen LogP contribution is -2.37. The van der Waals surface area contributed by atoms with E-state index in [1.54, 1.807) is 29.3 Å². The molecule has 6 nitrogen and oxygen atoms in total. The van der Waals surface area contributed by atoms with Crippen LogP contribution in [0.25, 0.3) is 0 Å². The summed E-state index contributed by atoms with van der Waals surface area (Å²) in [6, 6.07) is 24.6. The highest BCUT2D eigenvalue weighted by Gasteiger charge is 2.60. The molecule has 5 rings (SSSR count). The number of imide groups is 1. The van der Waals surface area contributed by atoms with Crippen molar-refractivity contribution in [1.82, 2.24) is 0 Å². The van der Waals surface area contributed by atoms with Crippen LogP contribution in [0.2, 0.25) is 0 Å². The summed E-state index contributed by atoms with van der Waals surface area (Å²) in [5, 5.41) is 1.73. The highest BCUT2D eigenvalue weighted by atomic mass is 16.7. The molecule has 0 N–H and O–H groups in total. The molecule has 2 heterocycles. The number of amides is 2. The number of benzene rings is 3. The highest BCUT2D eigenvalue weighted by molar-refractivity contribution is 6.23. The smallest absolute Gasteiger partial charge is 0.266 e. The predicted molar refractivity (Wildman–Crippen MR) is 140 cm³/mol. The van der Waals surface area contributed by atoms with E-state index in [2.05, 4.69) is 32.9 Å². The summed E-state index contributed by atoms with van der Waals surface area (Å²) >= 11 is 0. The van der Waals surface area contributed by atoms with Gasteiger partial charge >= 0.3 is 0 Å². The summed E-state index contributed by atoms with van der Waals surface area (Å²) in [5.74, 6) is -0.546. The van der Waals surface area contributed by atoms with Gasteiger partial charge in [-0.2, -0.15) is 0 Å². The molecule has 36 heavy (non-hydrogen) atoms. The molecule has 2 aliphatic rings. The molecule has 3 aromatic carbocycles. The van der Waals surface area contributed by atoms with E-state index in [4.69, 9.17) is 9.57 Å². The quantitative estimate of drug-likeness (QED) is 0.413. The zero-order chi connectivity index (χ0) is 25.4. The summed E-state index contributed by atoms with van der Waals surface area (Å²) in [6.07, 6.45) is 0.0164. The third kappa shape index (κ3) is 4.26. The van der Waals surface area contributed by atoms with Crippen LogP contribution in [0, 0.1) is 5.92 Å². The molecular formula is C30H32N2O4. The maximum absolute atomic E-state index is 13.8. The second-order valence-corrected chi connectivity index (χ2v) is 10.4. The summed E-state index contributed by atoms with van der Waals surface area (Å²) in [5.41, 5.74) is 3.48. The third-order valence-corrected chi connectivity index (χ3v) is 6.81. The Kier molecular flexibility index (Phi) is 6.31. The number of ether oxygens (including phenoxy) is 1. The lowest BCUT2D eigenvalue weighted by atomic mass is 9.84. The molecule has 2 saturated heterocycles. The van der Waals surface area contributed by atoms with E-state index in [9.17, 15) is 9.59 Å². The van der Waals surface area contributed by atoms with Crippen LogP contribution < -0.4 is 14.7 Å². The van der Waals surface area contributed by atoms with Crippen LogP contribution in [-0.2, 0) is 19.8 Å². The van der Waals surface area contributed by atoms with Crippen LogP contribution in [0.4, 0.5) is 11.4 Å². The van der Waals surface area contributed by atoms with Gasteiger partial charge in [-0.05, 0) is 59.4 Å². The minimum Gasteiger partial charge on any atom is -0.494 e. The fourth-order valence-electron chi connectivity index (χ4n) is 4.90. The Bertz CT molecular complexity index is 1230. The second kappa shape index (κ2) is 9.43. The molecule has 0 radical (unpaired) electrons. The molecule has 2 fully saturated rings. The minimum atomic E-state index is -0.888. The van der Waals surface area contributed by atoms with Gasteiger partial charge in [0.05, 0.1) is 24.0 Å². The summed E-state index contributed by atoms with van der Waals surface area (Å²) < 4.78 is 5.65. The largest absolute Gasteiger partial charge is 0.494 e. The Hall–Kier alpha value is -3.64. The molecule has 2 amide bonds. The van der Waals surface area contributed by atoms with Crippen molar-refractivity contribution in [3.63, 3.8) is 0 Å². The van der Waals surface area contributed by atoms with Crippen molar-refractivity contribution in [2.24, 2.45) is 5.92 Å². The first-order valence-electron chi connectivity index (χ1n) is 12.5. The molecular weight excluding hydrogens is 452 g/mol. The highest BCUT2D eigenvalue weighted by Crippen LogP contribution is 2.47. The van der Waals surface area contributed by atoms with Gasteiger partial charge in [0.1, 0.15) is 11.7 Å². The molecule has 0 aromatic heterocycles. The number of hydrogen-bond acceptors (Lipinski definition) is 5. The number of nitrogens with zero attached hydrogens (tertiary/aromatic N) is 2. The Labute approximate surface area is 212 Å². The third-order valence-electron chi connectivity index (χ3n) is 6.81. The van der Waals surface area contributed by atoms with Crippen LogP contribution in [0.5, 0.6) is 5.75 Å². The molecule has 6 heteroatoms. The topological polar surface area (TPSA) is 59.1 Å². The van der Waals surface area contributed by atoms with Gasteiger partial charge in [0.25, 0.3) is 5.91 Å². The van der Waals surface area contributed by atoms with Crippen molar-refractivity contribution in [2.45, 2.75) is 51.7 Å². The maximum atomic E-state index is 13.8. The molecule has 2 aliphatic heterocycles. The molecule has 0 aliphatic carbocycles. The van der Waals surface area contributed by atoms with E-state index < -0.39 is 18.1 Å². The van der Waals surface area contributed by atoms with Gasteiger partial charge in [-0.1, -0.05) is 70.2 Å². The first-order valence-corrected chi connectivity index (χ1v) is 12.5. The van der Waals surface area contributed by atoms with Crippen molar-refractivity contribution in [2.75, 3.05) is 16.6 Å². The van der Waals surface area contributed by atoms with Gasteiger partial charge in [-0.15, -0.1) is 0 Å². The summed E-state index contributed by atoms with van der Waals surface area (Å²) in [4.78, 5) is 34.8. The van der Waals surface area contributed by atoms with Gasteiger partial charge < -0.3 is 4.74 Å². The van der Waals surface area contributed by atoms with Crippen molar-refractivity contribution < 1.29 is 19.2 Å². The van der Waals surface area contributed by atoms with Crippen molar-refractivity contribution in [1.29, 1.82) is 0 Å². The summed E-state index contributed by atoms with van der Waals surface area (Å²) in [7, 11) is 0. The van der Waals surface area contributed by atoms with Crippen molar-refractivity contribution in [3.05, 3.63) is 90.0 Å². The van der Waals surface area contributed by atoms with E-state index in [0.717, 1.165) is 17.7 Å². The fourth-order valence-corrected chi connectivity index (χ4v) is 4.90. The number of carbonyl (C=O) groups is 2. The minimum absolute atomic E-state index is 0.00923. The predicted octanol–water partition coefficient (Wildman–Crippen LogP) is 5.82. The monoisotopic (exact) mass is 484 g/mol. The summed E-state index contributed by atoms with van der Waals surface area (Å²) in [6.45, 7) is 9.16. The fraction of sp³-hybridized carbons (Fsp3) is 0.333. The molecule has 0 bridgehead atoms. The number of carbonyl (C=O) groups excluding carboxylic acids is 2. The Morgan fingerprint density at radius 1 is 0.833 bits per heavy atom. The van der Waals surface area contributed by atoms with Gasteiger partial charge in [0.2, 0.25) is 5.91 Å². The molecule has 0 unspecified atom stereocenters. The second-order valence-electron chi connectivity index (χ2n) is 10.4. The van der Waals surface area contributed by atoms with Crippen LogP contribution >= 0.6 is 0 Å². The van der Waals surface area contributed by atoms with Gasteiger partial charge in [0, 0.05) is 0 Å². The zero-order valence-electron chi connectivity index (χ0n) is 21.2. The van der Waals surface area contributed by atoms with Crippen LogP contribution in [-0.4, -0.2) is 24.5 Å². The molecule has 3 aromatic rings. The van der Waals surface area contributed by atoms with Gasteiger partial charge in [-0.3, -0.25) is 14.4 Å². The van der Waals surface area contributed by atoms with E-state index in [1.807, 2.05) is 49.4 Å². The van der Waals surface area contributed by atoms with E-state index >= 15 is 0 Å². The normalized spacial score (nSPS) is 21.7. The van der Waals surface area contributed by atoms with E-state index in [-0.39, 0.29) is 17.2 Å². The lowest BCUT2D eigenvalue weighted by Gasteiger charge is -2.29. The van der Waals surface area contributed by atoms with Gasteiger partial charge in [0.15, 0.2) is 6.10 Å². The van der Waals surface area contributed by atoms with E-state index in [1.165, 1.54) is 10.5 Å². The van der Waals surface area contributed by atoms with Crippen LogP contribution in [0.1, 0.15) is 51.3 Å².